The minimum absolute atomic E-state index is 0.0788. The van der Waals surface area contributed by atoms with Crippen molar-refractivity contribution < 1.29 is 14.3 Å². The Morgan fingerprint density at radius 3 is 2.29 bits per heavy atom. The van der Waals surface area contributed by atoms with Crippen molar-refractivity contribution in [2.45, 2.75) is 64.1 Å². The lowest BCUT2D eigenvalue weighted by Crippen LogP contribution is -2.60. The lowest BCUT2D eigenvalue weighted by molar-refractivity contribution is -0.181. The summed E-state index contributed by atoms with van der Waals surface area (Å²) in [6.07, 6.45) is 1.17. The number of ether oxygens (including phenoxy) is 1. The predicted octanol–water partition coefficient (Wildman–Crippen LogP) is 4.03. The van der Waals surface area contributed by atoms with E-state index in [9.17, 15) is 9.59 Å². The number of rotatable bonds is 4. The third-order valence-electron chi connectivity index (χ3n) is 5.78. The third-order valence-corrected chi connectivity index (χ3v) is 5.78. The molecule has 31 heavy (non-hydrogen) atoms. The Balaban J connectivity index is 2.17. The fourth-order valence-corrected chi connectivity index (χ4v) is 4.51. The van der Waals surface area contributed by atoms with Gasteiger partial charge in [-0.15, -0.1) is 0 Å². The number of nitrogens with zero attached hydrogens (tertiary/aromatic N) is 2. The van der Waals surface area contributed by atoms with Crippen molar-refractivity contribution in [1.29, 1.82) is 0 Å². The minimum atomic E-state index is -0.704. The van der Waals surface area contributed by atoms with E-state index in [-0.39, 0.29) is 23.8 Å². The van der Waals surface area contributed by atoms with Crippen LogP contribution in [0.5, 0.6) is 5.75 Å². The van der Waals surface area contributed by atoms with E-state index in [1.165, 1.54) is 6.92 Å². The van der Waals surface area contributed by atoms with Crippen molar-refractivity contribution in [3.8, 4) is 5.75 Å². The SMILES string of the molecule is COc1cccc(C2CC(c3ccccc3)CC(N)C(=O)N2N(C(C)=O)C(C)(C)C)c1. The first-order valence-corrected chi connectivity index (χ1v) is 10.7. The molecule has 2 aromatic carbocycles. The molecule has 166 valence electrons. The molecule has 1 aliphatic heterocycles. The molecule has 2 amide bonds. The fraction of sp³-hybridized carbons (Fsp3) is 0.440. The summed E-state index contributed by atoms with van der Waals surface area (Å²) in [7, 11) is 1.62. The number of hydrogen-bond acceptors (Lipinski definition) is 4. The molecule has 3 atom stereocenters. The van der Waals surface area contributed by atoms with Gasteiger partial charge in [-0.05, 0) is 62.8 Å². The Kier molecular flexibility index (Phi) is 6.70. The van der Waals surface area contributed by atoms with Gasteiger partial charge in [-0.2, -0.15) is 0 Å². The van der Waals surface area contributed by atoms with Crippen molar-refractivity contribution in [2.75, 3.05) is 7.11 Å². The van der Waals surface area contributed by atoms with Gasteiger partial charge in [0.25, 0.3) is 5.91 Å². The Morgan fingerprint density at radius 2 is 1.71 bits per heavy atom. The monoisotopic (exact) mass is 423 g/mol. The number of carbonyl (C=O) groups excluding carboxylic acids is 2. The first-order valence-electron chi connectivity index (χ1n) is 10.7. The van der Waals surface area contributed by atoms with E-state index in [0.717, 1.165) is 11.1 Å². The predicted molar refractivity (Wildman–Crippen MR) is 121 cm³/mol. The molecule has 6 heteroatoms. The molecule has 2 aromatic rings. The maximum absolute atomic E-state index is 13.6. The van der Waals surface area contributed by atoms with E-state index in [2.05, 4.69) is 12.1 Å². The van der Waals surface area contributed by atoms with E-state index in [0.29, 0.717) is 18.6 Å². The summed E-state index contributed by atoms with van der Waals surface area (Å²) >= 11 is 0. The van der Waals surface area contributed by atoms with Crippen LogP contribution in [0.4, 0.5) is 0 Å². The van der Waals surface area contributed by atoms with Crippen LogP contribution in [0, 0.1) is 0 Å². The van der Waals surface area contributed by atoms with Crippen LogP contribution in [-0.2, 0) is 9.59 Å². The molecule has 0 aliphatic carbocycles. The smallest absolute Gasteiger partial charge is 0.258 e. The number of amides is 2. The second-order valence-corrected chi connectivity index (χ2v) is 9.16. The Labute approximate surface area is 184 Å². The molecule has 0 saturated carbocycles. The number of nitrogens with two attached hydrogens (primary N) is 1. The Morgan fingerprint density at radius 1 is 1.06 bits per heavy atom. The highest BCUT2D eigenvalue weighted by Gasteiger charge is 2.43. The normalized spacial score (nSPS) is 22.1. The number of benzene rings is 2. The summed E-state index contributed by atoms with van der Waals surface area (Å²) in [6.45, 7) is 7.27. The second kappa shape index (κ2) is 9.10. The highest BCUT2D eigenvalue weighted by molar-refractivity contribution is 5.86. The molecule has 2 N–H and O–H groups in total. The zero-order valence-corrected chi connectivity index (χ0v) is 19.0. The van der Waals surface area contributed by atoms with Gasteiger partial charge in [-0.25, -0.2) is 10.0 Å². The first kappa shape index (κ1) is 22.8. The fourth-order valence-electron chi connectivity index (χ4n) is 4.51. The van der Waals surface area contributed by atoms with Crippen molar-refractivity contribution in [3.63, 3.8) is 0 Å². The van der Waals surface area contributed by atoms with Gasteiger partial charge < -0.3 is 10.5 Å². The van der Waals surface area contributed by atoms with Crippen LogP contribution >= 0.6 is 0 Å². The largest absolute Gasteiger partial charge is 0.497 e. The number of hydrogen-bond donors (Lipinski definition) is 1. The summed E-state index contributed by atoms with van der Waals surface area (Å²) in [5.74, 6) is 0.352. The molecule has 3 rings (SSSR count). The summed E-state index contributed by atoms with van der Waals surface area (Å²) in [5, 5.41) is 3.16. The summed E-state index contributed by atoms with van der Waals surface area (Å²) < 4.78 is 5.44. The maximum atomic E-state index is 13.6. The highest BCUT2D eigenvalue weighted by atomic mass is 16.5. The third kappa shape index (κ3) is 4.90. The van der Waals surface area contributed by atoms with Crippen molar-refractivity contribution in [3.05, 3.63) is 65.7 Å². The molecule has 0 aromatic heterocycles. The summed E-state index contributed by atoms with van der Waals surface area (Å²) in [6, 6.07) is 16.8. The molecule has 0 spiro atoms. The highest BCUT2D eigenvalue weighted by Crippen LogP contribution is 2.41. The van der Waals surface area contributed by atoms with Gasteiger partial charge in [0.2, 0.25) is 5.91 Å². The molecule has 0 bridgehead atoms. The van der Waals surface area contributed by atoms with E-state index in [1.807, 2.05) is 63.2 Å². The number of hydrazine groups is 1. The van der Waals surface area contributed by atoms with Gasteiger partial charge in [0.15, 0.2) is 0 Å². The molecule has 1 fully saturated rings. The van der Waals surface area contributed by atoms with Crippen LogP contribution in [-0.4, -0.2) is 40.5 Å². The van der Waals surface area contributed by atoms with Crippen LogP contribution in [0.2, 0.25) is 0 Å². The van der Waals surface area contributed by atoms with Crippen molar-refractivity contribution in [2.24, 2.45) is 5.73 Å². The Hall–Kier alpha value is -2.86. The van der Waals surface area contributed by atoms with Gasteiger partial charge in [-0.1, -0.05) is 42.5 Å². The van der Waals surface area contributed by atoms with Crippen LogP contribution in [0.3, 0.4) is 0 Å². The van der Waals surface area contributed by atoms with E-state index in [4.69, 9.17) is 10.5 Å². The first-order chi connectivity index (χ1) is 14.6. The molecular weight excluding hydrogens is 390 g/mol. The lowest BCUT2D eigenvalue weighted by atomic mass is 9.86. The molecule has 1 aliphatic rings. The average Bonchev–Trinajstić information content (AvgIpc) is 2.85. The zero-order chi connectivity index (χ0) is 22.8. The van der Waals surface area contributed by atoms with Crippen LogP contribution in [0.25, 0.3) is 0 Å². The van der Waals surface area contributed by atoms with Gasteiger partial charge in [0.05, 0.1) is 24.7 Å². The molecular formula is C25H33N3O3. The second-order valence-electron chi connectivity index (χ2n) is 9.16. The molecule has 0 radical (unpaired) electrons. The van der Waals surface area contributed by atoms with Gasteiger partial charge in [0, 0.05) is 6.92 Å². The molecule has 6 nitrogen and oxygen atoms in total. The number of carbonyl (C=O) groups is 2. The van der Waals surface area contributed by atoms with E-state index < -0.39 is 11.6 Å². The topological polar surface area (TPSA) is 75.9 Å². The van der Waals surface area contributed by atoms with Crippen molar-refractivity contribution >= 4 is 11.8 Å². The van der Waals surface area contributed by atoms with Crippen LogP contribution < -0.4 is 10.5 Å². The zero-order valence-electron chi connectivity index (χ0n) is 19.0. The average molecular weight is 424 g/mol. The van der Waals surface area contributed by atoms with Gasteiger partial charge in [0.1, 0.15) is 5.75 Å². The van der Waals surface area contributed by atoms with E-state index in [1.54, 1.807) is 17.1 Å². The standard InChI is InChI=1S/C25H33N3O3/c1-17(29)28(25(2,3)4)27-23(19-12-9-13-21(14-19)31-5)16-20(15-22(26)24(27)30)18-10-7-6-8-11-18/h6-14,20,22-23H,15-16,26H2,1-5H3. The molecule has 3 unspecified atom stereocenters. The van der Waals surface area contributed by atoms with Crippen LogP contribution in [0.1, 0.15) is 63.6 Å². The molecule has 1 saturated heterocycles. The minimum Gasteiger partial charge on any atom is -0.497 e. The van der Waals surface area contributed by atoms with E-state index >= 15 is 0 Å². The van der Waals surface area contributed by atoms with Crippen molar-refractivity contribution in [1.82, 2.24) is 10.0 Å². The van der Waals surface area contributed by atoms with Crippen LogP contribution in [0.15, 0.2) is 54.6 Å². The summed E-state index contributed by atoms with van der Waals surface area (Å²) in [5.41, 5.74) is 7.89. The number of methoxy groups -OCH3 is 1. The van der Waals surface area contributed by atoms with Gasteiger partial charge in [-0.3, -0.25) is 9.59 Å². The Bertz CT molecular complexity index is 923. The lowest BCUT2D eigenvalue weighted by Gasteiger charge is -2.46. The molecule has 1 heterocycles. The van der Waals surface area contributed by atoms with Gasteiger partial charge >= 0.3 is 0 Å². The quantitative estimate of drug-likeness (QED) is 0.806. The maximum Gasteiger partial charge on any atom is 0.258 e. The summed E-state index contributed by atoms with van der Waals surface area (Å²) in [4.78, 5) is 26.4.